The fourth-order valence-corrected chi connectivity index (χ4v) is 2.83. The van der Waals surface area contributed by atoms with Gasteiger partial charge in [0.15, 0.2) is 6.61 Å². The highest BCUT2D eigenvalue weighted by atomic mass is 35.5. The molecule has 0 saturated carbocycles. The SMILES string of the molecule is CNC(=O)C(C)N(CCc1ccccc1)C(=O)COc1ccc(Cl)c(C)c1. The maximum absolute atomic E-state index is 12.7. The molecule has 27 heavy (non-hydrogen) atoms. The van der Waals surface area contributed by atoms with Crippen LogP contribution in [0.15, 0.2) is 48.5 Å². The Balaban J connectivity index is 2.04. The van der Waals surface area contributed by atoms with Crippen molar-refractivity contribution in [3.63, 3.8) is 0 Å². The fraction of sp³-hybridized carbons (Fsp3) is 0.333. The topological polar surface area (TPSA) is 58.6 Å². The van der Waals surface area contributed by atoms with Crippen molar-refractivity contribution in [2.24, 2.45) is 0 Å². The first-order valence-corrected chi connectivity index (χ1v) is 9.24. The summed E-state index contributed by atoms with van der Waals surface area (Å²) in [5.74, 6) is 0.120. The number of halogens is 1. The molecule has 2 aromatic rings. The van der Waals surface area contributed by atoms with E-state index in [0.29, 0.717) is 23.7 Å². The van der Waals surface area contributed by atoms with Gasteiger partial charge in [-0.3, -0.25) is 9.59 Å². The van der Waals surface area contributed by atoms with Gasteiger partial charge < -0.3 is 15.0 Å². The second-order valence-corrected chi connectivity index (χ2v) is 6.72. The van der Waals surface area contributed by atoms with Crippen molar-refractivity contribution < 1.29 is 14.3 Å². The minimum absolute atomic E-state index is 0.142. The molecule has 144 valence electrons. The zero-order valence-electron chi connectivity index (χ0n) is 15.9. The van der Waals surface area contributed by atoms with E-state index in [9.17, 15) is 9.59 Å². The lowest BCUT2D eigenvalue weighted by molar-refractivity contribution is -0.141. The molecule has 2 aromatic carbocycles. The molecule has 0 aliphatic carbocycles. The first-order valence-electron chi connectivity index (χ1n) is 8.86. The van der Waals surface area contributed by atoms with Crippen molar-refractivity contribution in [2.75, 3.05) is 20.2 Å². The number of nitrogens with zero attached hydrogens (tertiary/aromatic N) is 1. The lowest BCUT2D eigenvalue weighted by Crippen LogP contribution is -2.49. The Bertz CT molecular complexity index is 780. The molecule has 2 amide bonds. The molecule has 0 fully saturated rings. The predicted molar refractivity (Wildman–Crippen MR) is 107 cm³/mol. The Morgan fingerprint density at radius 1 is 1.19 bits per heavy atom. The second-order valence-electron chi connectivity index (χ2n) is 6.31. The van der Waals surface area contributed by atoms with Crippen molar-refractivity contribution in [1.29, 1.82) is 0 Å². The van der Waals surface area contributed by atoms with E-state index in [1.807, 2.05) is 37.3 Å². The highest BCUT2D eigenvalue weighted by molar-refractivity contribution is 6.31. The van der Waals surface area contributed by atoms with Crippen molar-refractivity contribution in [2.45, 2.75) is 26.3 Å². The standard InChI is InChI=1S/C21H25ClN2O3/c1-15-13-18(9-10-19(15)22)27-14-20(25)24(16(2)21(26)23-3)12-11-17-7-5-4-6-8-17/h4-10,13,16H,11-12,14H2,1-3H3,(H,23,26). The van der Waals surface area contributed by atoms with E-state index in [4.69, 9.17) is 16.3 Å². The van der Waals surface area contributed by atoms with Gasteiger partial charge in [0.2, 0.25) is 5.91 Å². The highest BCUT2D eigenvalue weighted by Gasteiger charge is 2.25. The summed E-state index contributed by atoms with van der Waals surface area (Å²) >= 11 is 6.01. The summed E-state index contributed by atoms with van der Waals surface area (Å²) in [6.07, 6.45) is 0.661. The smallest absolute Gasteiger partial charge is 0.261 e. The summed E-state index contributed by atoms with van der Waals surface area (Å²) in [4.78, 5) is 26.4. The summed E-state index contributed by atoms with van der Waals surface area (Å²) in [6, 6.07) is 14.5. The van der Waals surface area contributed by atoms with E-state index in [1.54, 1.807) is 37.1 Å². The van der Waals surface area contributed by atoms with Gasteiger partial charge in [-0.2, -0.15) is 0 Å². The van der Waals surface area contributed by atoms with Gasteiger partial charge >= 0.3 is 0 Å². The van der Waals surface area contributed by atoms with Crippen LogP contribution in [0.2, 0.25) is 5.02 Å². The van der Waals surface area contributed by atoms with E-state index in [2.05, 4.69) is 5.32 Å². The lowest BCUT2D eigenvalue weighted by atomic mass is 10.1. The van der Waals surface area contributed by atoms with Crippen LogP contribution >= 0.6 is 11.6 Å². The number of nitrogens with one attached hydrogen (secondary N) is 1. The number of benzene rings is 2. The number of likely N-dealkylation sites (N-methyl/N-ethyl adjacent to an activating group) is 1. The molecule has 5 nitrogen and oxygen atoms in total. The number of aryl methyl sites for hydroxylation is 1. The fourth-order valence-electron chi connectivity index (χ4n) is 2.71. The maximum atomic E-state index is 12.7. The summed E-state index contributed by atoms with van der Waals surface area (Å²) in [7, 11) is 1.56. The molecule has 1 N–H and O–H groups in total. The number of rotatable bonds is 8. The largest absolute Gasteiger partial charge is 0.484 e. The monoisotopic (exact) mass is 388 g/mol. The van der Waals surface area contributed by atoms with Crippen molar-refractivity contribution in [3.05, 3.63) is 64.7 Å². The molecular weight excluding hydrogens is 364 g/mol. The van der Waals surface area contributed by atoms with Gasteiger partial charge in [-0.1, -0.05) is 41.9 Å². The number of hydrogen-bond acceptors (Lipinski definition) is 3. The molecule has 0 spiro atoms. The van der Waals surface area contributed by atoms with Gasteiger partial charge in [0.1, 0.15) is 11.8 Å². The molecule has 0 aliphatic rings. The Morgan fingerprint density at radius 2 is 1.89 bits per heavy atom. The molecule has 2 rings (SSSR count). The van der Waals surface area contributed by atoms with Crippen molar-refractivity contribution >= 4 is 23.4 Å². The molecule has 1 atom stereocenters. The summed E-state index contributed by atoms with van der Waals surface area (Å²) in [5, 5.41) is 3.24. The molecule has 0 heterocycles. The highest BCUT2D eigenvalue weighted by Crippen LogP contribution is 2.21. The third kappa shape index (κ3) is 6.00. The molecule has 0 bridgehead atoms. The van der Waals surface area contributed by atoms with Crippen LogP contribution in [0.3, 0.4) is 0 Å². The average molecular weight is 389 g/mol. The molecule has 0 radical (unpaired) electrons. The normalized spacial score (nSPS) is 11.6. The van der Waals surface area contributed by atoms with E-state index in [-0.39, 0.29) is 18.4 Å². The summed E-state index contributed by atoms with van der Waals surface area (Å²) in [5.41, 5.74) is 1.98. The zero-order chi connectivity index (χ0) is 19.8. The quantitative estimate of drug-likeness (QED) is 0.755. The number of ether oxygens (including phenoxy) is 1. The zero-order valence-corrected chi connectivity index (χ0v) is 16.6. The Labute approximate surface area is 165 Å². The third-order valence-electron chi connectivity index (χ3n) is 4.39. The van der Waals surface area contributed by atoms with E-state index in [0.717, 1.165) is 11.1 Å². The van der Waals surface area contributed by atoms with Crippen LogP contribution in [-0.2, 0) is 16.0 Å². The van der Waals surface area contributed by atoms with Crippen LogP contribution in [0.25, 0.3) is 0 Å². The first-order chi connectivity index (χ1) is 12.9. The summed E-state index contributed by atoms with van der Waals surface area (Å²) in [6.45, 7) is 3.88. The van der Waals surface area contributed by atoms with Crippen molar-refractivity contribution in [3.8, 4) is 5.75 Å². The molecule has 0 aliphatic heterocycles. The van der Waals surface area contributed by atoms with E-state index < -0.39 is 6.04 Å². The first kappa shape index (κ1) is 20.8. The van der Waals surface area contributed by atoms with Gasteiger partial charge in [0.25, 0.3) is 5.91 Å². The van der Waals surface area contributed by atoms with Gasteiger partial charge in [0, 0.05) is 18.6 Å². The Hall–Kier alpha value is -2.53. The molecule has 1 unspecified atom stereocenters. The van der Waals surface area contributed by atoms with Gasteiger partial charge in [-0.15, -0.1) is 0 Å². The maximum Gasteiger partial charge on any atom is 0.261 e. The Morgan fingerprint density at radius 3 is 2.52 bits per heavy atom. The van der Waals surface area contributed by atoms with E-state index >= 15 is 0 Å². The predicted octanol–water partition coefficient (Wildman–Crippen LogP) is 3.23. The van der Waals surface area contributed by atoms with Crippen LogP contribution in [0.5, 0.6) is 5.75 Å². The number of carbonyl (C=O) groups excluding carboxylic acids is 2. The number of hydrogen-bond donors (Lipinski definition) is 1. The molecular formula is C21H25ClN2O3. The van der Waals surface area contributed by atoms with Crippen molar-refractivity contribution in [1.82, 2.24) is 10.2 Å². The van der Waals surface area contributed by atoms with Crippen LogP contribution < -0.4 is 10.1 Å². The van der Waals surface area contributed by atoms with Crippen LogP contribution in [0, 0.1) is 6.92 Å². The van der Waals surface area contributed by atoms with Crippen LogP contribution in [0.4, 0.5) is 0 Å². The van der Waals surface area contributed by atoms with E-state index in [1.165, 1.54) is 0 Å². The number of amides is 2. The van der Waals surface area contributed by atoms with Gasteiger partial charge in [-0.25, -0.2) is 0 Å². The van der Waals surface area contributed by atoms with Crippen LogP contribution in [0.1, 0.15) is 18.1 Å². The lowest BCUT2D eigenvalue weighted by Gasteiger charge is -2.28. The average Bonchev–Trinajstić information content (AvgIpc) is 2.69. The third-order valence-corrected chi connectivity index (χ3v) is 4.81. The molecule has 0 saturated heterocycles. The van der Waals surface area contributed by atoms with Gasteiger partial charge in [-0.05, 0) is 49.6 Å². The number of carbonyl (C=O) groups is 2. The summed E-state index contributed by atoms with van der Waals surface area (Å²) < 4.78 is 5.62. The Kier molecular flexibility index (Phi) is 7.67. The van der Waals surface area contributed by atoms with Gasteiger partial charge in [0.05, 0.1) is 0 Å². The molecule has 0 aromatic heterocycles. The second kappa shape index (κ2) is 9.97. The van der Waals surface area contributed by atoms with Crippen LogP contribution in [-0.4, -0.2) is 43.0 Å². The minimum Gasteiger partial charge on any atom is -0.484 e. The molecule has 6 heteroatoms. The minimum atomic E-state index is -0.582.